The van der Waals surface area contributed by atoms with Gasteiger partial charge in [0.25, 0.3) is 0 Å². The lowest BCUT2D eigenvalue weighted by Gasteiger charge is -2.20. The molecule has 0 aliphatic heterocycles. The minimum Gasteiger partial charge on any atom is -0.370 e. The third-order valence-electron chi connectivity index (χ3n) is 3.26. The number of hydrogen-bond donors (Lipinski definition) is 2. The van der Waals surface area contributed by atoms with E-state index in [1.807, 2.05) is 6.20 Å². The first-order valence-corrected chi connectivity index (χ1v) is 6.96. The van der Waals surface area contributed by atoms with E-state index in [0.717, 1.165) is 12.1 Å². The summed E-state index contributed by atoms with van der Waals surface area (Å²) >= 11 is 0. The molecular formula is C16H23N3O. The van der Waals surface area contributed by atoms with Crippen molar-refractivity contribution in [3.05, 3.63) is 36.0 Å². The van der Waals surface area contributed by atoms with Crippen LogP contribution in [0.3, 0.4) is 0 Å². The third kappa shape index (κ3) is 3.84. The lowest BCUT2D eigenvalue weighted by atomic mass is 10.1. The summed E-state index contributed by atoms with van der Waals surface area (Å²) in [6.45, 7) is 7.93. The monoisotopic (exact) mass is 273 g/mol. The number of aromatic nitrogens is 1. The first kappa shape index (κ1) is 14.6. The number of aryl methyl sites for hydroxylation is 1. The van der Waals surface area contributed by atoms with Crippen LogP contribution < -0.4 is 11.1 Å². The van der Waals surface area contributed by atoms with Gasteiger partial charge in [0.15, 0.2) is 0 Å². The van der Waals surface area contributed by atoms with Gasteiger partial charge in [0.1, 0.15) is 0 Å². The fourth-order valence-corrected chi connectivity index (χ4v) is 2.13. The molecule has 0 spiro atoms. The molecule has 2 aromatic rings. The summed E-state index contributed by atoms with van der Waals surface area (Å²) in [5.74, 6) is -0.266. The van der Waals surface area contributed by atoms with Crippen LogP contribution in [0.15, 0.2) is 30.5 Å². The molecule has 0 radical (unpaired) electrons. The van der Waals surface area contributed by atoms with E-state index in [4.69, 9.17) is 5.73 Å². The summed E-state index contributed by atoms with van der Waals surface area (Å²) in [6.07, 6.45) is 2.38. The van der Waals surface area contributed by atoms with Gasteiger partial charge in [-0.05, 0) is 43.9 Å². The summed E-state index contributed by atoms with van der Waals surface area (Å²) in [5, 5.41) is 4.67. The molecule has 3 N–H and O–H groups in total. The van der Waals surface area contributed by atoms with Gasteiger partial charge in [-0.1, -0.05) is 12.1 Å². The number of fused-ring (bicyclic) bond motifs is 1. The zero-order valence-corrected chi connectivity index (χ0v) is 12.4. The van der Waals surface area contributed by atoms with Crippen LogP contribution in [0.5, 0.6) is 0 Å². The van der Waals surface area contributed by atoms with Crippen LogP contribution >= 0.6 is 0 Å². The number of amides is 1. The first-order valence-electron chi connectivity index (χ1n) is 6.96. The van der Waals surface area contributed by atoms with Crippen LogP contribution in [0, 0.1) is 0 Å². The van der Waals surface area contributed by atoms with Crippen LogP contribution in [0.1, 0.15) is 32.8 Å². The number of benzene rings is 1. The first-order chi connectivity index (χ1) is 9.35. The van der Waals surface area contributed by atoms with Gasteiger partial charge in [-0.25, -0.2) is 0 Å². The second-order valence-corrected chi connectivity index (χ2v) is 6.22. The Kier molecular flexibility index (Phi) is 4.14. The van der Waals surface area contributed by atoms with Crippen molar-refractivity contribution in [2.45, 2.75) is 45.8 Å². The summed E-state index contributed by atoms with van der Waals surface area (Å²) in [6, 6.07) is 8.50. The fraction of sp³-hybridized carbons (Fsp3) is 0.438. The molecule has 0 aliphatic rings. The van der Waals surface area contributed by atoms with Gasteiger partial charge >= 0.3 is 0 Å². The van der Waals surface area contributed by atoms with Crippen LogP contribution in [-0.2, 0) is 17.9 Å². The van der Waals surface area contributed by atoms with E-state index in [2.05, 4.69) is 54.9 Å². The Morgan fingerprint density at radius 3 is 2.70 bits per heavy atom. The largest absolute Gasteiger partial charge is 0.370 e. The smallest absolute Gasteiger partial charge is 0.219 e. The van der Waals surface area contributed by atoms with Gasteiger partial charge < -0.3 is 15.6 Å². The highest BCUT2D eigenvalue weighted by Crippen LogP contribution is 2.18. The molecule has 20 heavy (non-hydrogen) atoms. The summed E-state index contributed by atoms with van der Waals surface area (Å²) in [4.78, 5) is 10.9. The zero-order valence-electron chi connectivity index (χ0n) is 12.4. The van der Waals surface area contributed by atoms with Crippen LogP contribution in [0.25, 0.3) is 10.9 Å². The molecule has 1 aromatic heterocycles. The molecule has 0 unspecified atom stereocenters. The molecule has 0 aliphatic carbocycles. The Hall–Kier alpha value is -1.81. The van der Waals surface area contributed by atoms with E-state index in [9.17, 15) is 4.79 Å². The van der Waals surface area contributed by atoms with Gasteiger partial charge in [-0.15, -0.1) is 0 Å². The molecular weight excluding hydrogens is 250 g/mol. The maximum atomic E-state index is 10.9. The van der Waals surface area contributed by atoms with Crippen LogP contribution in [0.4, 0.5) is 0 Å². The van der Waals surface area contributed by atoms with Crippen molar-refractivity contribution in [2.75, 3.05) is 0 Å². The minimum absolute atomic E-state index is 0.100. The average Bonchev–Trinajstić information content (AvgIpc) is 2.75. The van der Waals surface area contributed by atoms with E-state index in [1.54, 1.807) is 0 Å². The van der Waals surface area contributed by atoms with Crippen molar-refractivity contribution >= 4 is 16.8 Å². The molecule has 108 valence electrons. The van der Waals surface area contributed by atoms with Gasteiger partial charge in [-0.2, -0.15) is 0 Å². The zero-order chi connectivity index (χ0) is 14.8. The molecule has 4 nitrogen and oxygen atoms in total. The lowest BCUT2D eigenvalue weighted by Crippen LogP contribution is -2.35. The second kappa shape index (κ2) is 5.67. The number of nitrogens with zero attached hydrogens (tertiary/aromatic N) is 1. The SMILES string of the molecule is CC(C)(C)NCc1ccc2ccn(CCC(N)=O)c2c1. The van der Waals surface area contributed by atoms with Crippen molar-refractivity contribution in [3.8, 4) is 0 Å². The maximum Gasteiger partial charge on any atom is 0.219 e. The highest BCUT2D eigenvalue weighted by Gasteiger charge is 2.09. The van der Waals surface area contributed by atoms with Crippen molar-refractivity contribution < 1.29 is 4.79 Å². The van der Waals surface area contributed by atoms with Crippen molar-refractivity contribution in [3.63, 3.8) is 0 Å². The van der Waals surface area contributed by atoms with Gasteiger partial charge in [0.05, 0.1) is 0 Å². The molecule has 0 saturated carbocycles. The number of carbonyl (C=O) groups excluding carboxylic acids is 1. The predicted molar refractivity (Wildman–Crippen MR) is 82.3 cm³/mol. The predicted octanol–water partition coefficient (Wildman–Crippen LogP) is 2.40. The Bertz CT molecular complexity index is 608. The normalized spacial score (nSPS) is 11.9. The molecule has 2 rings (SSSR count). The van der Waals surface area contributed by atoms with E-state index >= 15 is 0 Å². The Morgan fingerprint density at radius 2 is 2.05 bits per heavy atom. The van der Waals surface area contributed by atoms with Crippen LogP contribution in [-0.4, -0.2) is 16.0 Å². The highest BCUT2D eigenvalue weighted by atomic mass is 16.1. The number of rotatable bonds is 5. The molecule has 1 aromatic carbocycles. The molecule has 0 atom stereocenters. The molecule has 4 heteroatoms. The van der Waals surface area contributed by atoms with Crippen molar-refractivity contribution in [2.24, 2.45) is 5.73 Å². The number of carbonyl (C=O) groups is 1. The number of hydrogen-bond acceptors (Lipinski definition) is 2. The van der Waals surface area contributed by atoms with Crippen LogP contribution in [0.2, 0.25) is 0 Å². The second-order valence-electron chi connectivity index (χ2n) is 6.22. The molecule has 0 bridgehead atoms. The fourth-order valence-electron chi connectivity index (χ4n) is 2.13. The molecule has 0 saturated heterocycles. The molecule has 0 fully saturated rings. The van der Waals surface area contributed by atoms with E-state index in [-0.39, 0.29) is 11.4 Å². The molecule has 1 heterocycles. The maximum absolute atomic E-state index is 10.9. The summed E-state index contributed by atoms with van der Waals surface area (Å²) in [5.41, 5.74) is 7.71. The number of nitrogens with two attached hydrogens (primary N) is 1. The van der Waals surface area contributed by atoms with Crippen molar-refractivity contribution in [1.82, 2.24) is 9.88 Å². The average molecular weight is 273 g/mol. The third-order valence-corrected chi connectivity index (χ3v) is 3.26. The standard InChI is InChI=1S/C16H23N3O/c1-16(2,3)18-11-12-4-5-13-6-8-19(14(13)10-12)9-7-15(17)20/h4-6,8,10,18H,7,9,11H2,1-3H3,(H2,17,20). The highest BCUT2D eigenvalue weighted by molar-refractivity contribution is 5.81. The van der Waals surface area contributed by atoms with Gasteiger partial charge in [-0.3, -0.25) is 4.79 Å². The summed E-state index contributed by atoms with van der Waals surface area (Å²) in [7, 11) is 0. The van der Waals surface area contributed by atoms with E-state index in [1.165, 1.54) is 10.9 Å². The topological polar surface area (TPSA) is 60.1 Å². The minimum atomic E-state index is -0.266. The molecule has 1 amide bonds. The van der Waals surface area contributed by atoms with Gasteiger partial charge in [0, 0.05) is 36.8 Å². The number of primary amides is 1. The Labute approximate surface area is 120 Å². The van der Waals surface area contributed by atoms with Crippen molar-refractivity contribution in [1.29, 1.82) is 0 Å². The van der Waals surface area contributed by atoms with E-state index in [0.29, 0.717) is 13.0 Å². The van der Waals surface area contributed by atoms with E-state index < -0.39 is 0 Å². The Morgan fingerprint density at radius 1 is 1.30 bits per heavy atom. The summed E-state index contributed by atoms with van der Waals surface area (Å²) < 4.78 is 2.08. The van der Waals surface area contributed by atoms with Gasteiger partial charge in [0.2, 0.25) is 5.91 Å². The Balaban J connectivity index is 2.18. The quantitative estimate of drug-likeness (QED) is 0.879. The number of nitrogens with one attached hydrogen (secondary N) is 1. The lowest BCUT2D eigenvalue weighted by molar-refractivity contribution is -0.118.